The Morgan fingerprint density at radius 1 is 1.04 bits per heavy atom. The molecule has 0 saturated heterocycles. The predicted molar refractivity (Wildman–Crippen MR) is 94.2 cm³/mol. The van der Waals surface area contributed by atoms with Crippen LogP contribution in [0.1, 0.15) is 21.5 Å². The molecule has 0 bridgehead atoms. The van der Waals surface area contributed by atoms with Gasteiger partial charge in [-0.05, 0) is 38.1 Å². The van der Waals surface area contributed by atoms with Gasteiger partial charge < -0.3 is 0 Å². The number of carbonyl (C=O) groups is 1. The second-order valence-corrected chi connectivity index (χ2v) is 6.66. The van der Waals surface area contributed by atoms with Crippen LogP contribution in [0, 0.1) is 13.8 Å². The Labute approximate surface area is 143 Å². The van der Waals surface area contributed by atoms with Gasteiger partial charge in [0.05, 0.1) is 0 Å². The fraction of sp³-hybridized carbons (Fsp3) is 0.118. The first-order valence-electron chi connectivity index (χ1n) is 7.00. The molecule has 3 rings (SSSR count). The van der Waals surface area contributed by atoms with Crippen LogP contribution < -0.4 is 5.32 Å². The minimum absolute atomic E-state index is 0.185. The molecule has 0 aliphatic heterocycles. The van der Waals surface area contributed by atoms with Crippen LogP contribution in [0.5, 0.6) is 0 Å². The highest BCUT2D eigenvalue weighted by molar-refractivity contribution is 7.18. The van der Waals surface area contributed by atoms with E-state index in [1.807, 2.05) is 44.2 Å². The van der Waals surface area contributed by atoms with Crippen LogP contribution in [0.3, 0.4) is 0 Å². The Kier molecular flexibility index (Phi) is 4.41. The minimum atomic E-state index is -0.185. The van der Waals surface area contributed by atoms with Crippen LogP contribution in [-0.2, 0) is 0 Å². The highest BCUT2D eigenvalue weighted by atomic mass is 35.5. The first kappa shape index (κ1) is 15.6. The van der Waals surface area contributed by atoms with Gasteiger partial charge in [-0.3, -0.25) is 10.1 Å². The van der Waals surface area contributed by atoms with Gasteiger partial charge in [0.1, 0.15) is 5.01 Å². The van der Waals surface area contributed by atoms with Crippen molar-refractivity contribution in [1.82, 2.24) is 10.2 Å². The van der Waals surface area contributed by atoms with Crippen molar-refractivity contribution < 1.29 is 4.79 Å². The van der Waals surface area contributed by atoms with E-state index in [1.54, 1.807) is 12.1 Å². The molecule has 1 heterocycles. The third-order valence-corrected chi connectivity index (χ3v) is 4.36. The maximum atomic E-state index is 12.3. The van der Waals surface area contributed by atoms with Crippen molar-refractivity contribution in [2.45, 2.75) is 13.8 Å². The van der Waals surface area contributed by atoms with E-state index in [0.717, 1.165) is 21.7 Å². The summed E-state index contributed by atoms with van der Waals surface area (Å²) in [4.78, 5) is 12.3. The number of amides is 1. The standard InChI is InChI=1S/C17H14ClN3OS/c1-10-7-11(2)9-13(8-10)15(22)19-17-21-20-16(23-17)12-3-5-14(18)6-4-12/h3-9H,1-2H3,(H,19,21,22). The minimum Gasteiger partial charge on any atom is -0.296 e. The molecule has 0 aliphatic carbocycles. The Balaban J connectivity index is 1.78. The Bertz CT molecular complexity index is 838. The third-order valence-electron chi connectivity index (χ3n) is 3.22. The van der Waals surface area contributed by atoms with Crippen LogP contribution in [0.25, 0.3) is 10.6 Å². The molecular formula is C17H14ClN3OS. The molecule has 3 aromatic rings. The van der Waals surface area contributed by atoms with Crippen molar-refractivity contribution in [2.24, 2.45) is 0 Å². The van der Waals surface area contributed by atoms with E-state index in [9.17, 15) is 4.79 Å². The SMILES string of the molecule is Cc1cc(C)cc(C(=O)Nc2nnc(-c3ccc(Cl)cc3)s2)c1. The van der Waals surface area contributed by atoms with Crippen molar-refractivity contribution in [2.75, 3.05) is 5.32 Å². The van der Waals surface area contributed by atoms with Crippen molar-refractivity contribution in [1.29, 1.82) is 0 Å². The van der Waals surface area contributed by atoms with Crippen LogP contribution >= 0.6 is 22.9 Å². The smallest absolute Gasteiger partial charge is 0.257 e. The number of aryl methyl sites for hydroxylation is 2. The van der Waals surface area contributed by atoms with Crippen LogP contribution in [0.2, 0.25) is 5.02 Å². The molecule has 1 N–H and O–H groups in total. The van der Waals surface area contributed by atoms with Crippen molar-refractivity contribution in [3.8, 4) is 10.6 Å². The van der Waals surface area contributed by atoms with Gasteiger partial charge in [-0.2, -0.15) is 0 Å². The predicted octanol–water partition coefficient (Wildman–Crippen LogP) is 4.73. The van der Waals surface area contributed by atoms with Gasteiger partial charge in [0.2, 0.25) is 5.13 Å². The molecule has 1 amide bonds. The Morgan fingerprint density at radius 2 is 1.70 bits per heavy atom. The maximum absolute atomic E-state index is 12.3. The third kappa shape index (κ3) is 3.75. The van der Waals surface area contributed by atoms with E-state index < -0.39 is 0 Å². The molecule has 23 heavy (non-hydrogen) atoms. The van der Waals surface area contributed by atoms with E-state index in [4.69, 9.17) is 11.6 Å². The molecule has 1 aromatic heterocycles. The summed E-state index contributed by atoms with van der Waals surface area (Å²) in [7, 11) is 0. The average Bonchev–Trinajstić information content (AvgIpc) is 2.95. The molecule has 6 heteroatoms. The van der Waals surface area contributed by atoms with Gasteiger partial charge in [0.25, 0.3) is 5.91 Å². The molecule has 0 saturated carbocycles. The molecule has 0 spiro atoms. The first-order valence-corrected chi connectivity index (χ1v) is 8.20. The molecule has 116 valence electrons. The zero-order valence-corrected chi connectivity index (χ0v) is 14.2. The summed E-state index contributed by atoms with van der Waals surface area (Å²) in [6.07, 6.45) is 0. The van der Waals surface area contributed by atoms with E-state index in [0.29, 0.717) is 15.7 Å². The molecule has 4 nitrogen and oxygen atoms in total. The fourth-order valence-electron chi connectivity index (χ4n) is 2.26. The lowest BCUT2D eigenvalue weighted by Gasteiger charge is -2.04. The maximum Gasteiger partial charge on any atom is 0.257 e. The molecule has 2 aromatic carbocycles. The van der Waals surface area contributed by atoms with Crippen LogP contribution in [-0.4, -0.2) is 16.1 Å². The zero-order chi connectivity index (χ0) is 16.4. The molecule has 0 fully saturated rings. The number of halogens is 1. The van der Waals surface area contributed by atoms with Crippen molar-refractivity contribution in [3.05, 3.63) is 64.2 Å². The number of aromatic nitrogens is 2. The molecule has 0 aliphatic rings. The number of nitrogens with one attached hydrogen (secondary N) is 1. The number of benzene rings is 2. The number of hydrogen-bond donors (Lipinski definition) is 1. The highest BCUT2D eigenvalue weighted by Crippen LogP contribution is 2.27. The summed E-state index contributed by atoms with van der Waals surface area (Å²) < 4.78 is 0. The number of rotatable bonds is 3. The Hall–Kier alpha value is -2.24. The van der Waals surface area contributed by atoms with E-state index >= 15 is 0 Å². The second kappa shape index (κ2) is 6.48. The van der Waals surface area contributed by atoms with Gasteiger partial charge in [-0.15, -0.1) is 10.2 Å². The normalized spacial score (nSPS) is 10.6. The van der Waals surface area contributed by atoms with E-state index in [2.05, 4.69) is 15.5 Å². The summed E-state index contributed by atoms with van der Waals surface area (Å²) >= 11 is 7.20. The van der Waals surface area contributed by atoms with Crippen molar-refractivity contribution >= 4 is 34.0 Å². The summed E-state index contributed by atoms with van der Waals surface area (Å²) in [5, 5.41) is 12.8. The summed E-state index contributed by atoms with van der Waals surface area (Å²) in [5.41, 5.74) is 3.63. The molecular weight excluding hydrogens is 330 g/mol. The van der Waals surface area contributed by atoms with Gasteiger partial charge in [-0.1, -0.05) is 52.3 Å². The topological polar surface area (TPSA) is 54.9 Å². The lowest BCUT2D eigenvalue weighted by molar-refractivity contribution is 0.102. The Morgan fingerprint density at radius 3 is 2.35 bits per heavy atom. The second-order valence-electron chi connectivity index (χ2n) is 5.25. The zero-order valence-electron chi connectivity index (χ0n) is 12.6. The number of carbonyl (C=O) groups excluding carboxylic acids is 1. The van der Waals surface area contributed by atoms with Gasteiger partial charge >= 0.3 is 0 Å². The summed E-state index contributed by atoms with van der Waals surface area (Å²) in [6.45, 7) is 3.93. The summed E-state index contributed by atoms with van der Waals surface area (Å²) in [6, 6.07) is 13.1. The van der Waals surface area contributed by atoms with Crippen molar-refractivity contribution in [3.63, 3.8) is 0 Å². The molecule has 0 radical (unpaired) electrons. The van der Waals surface area contributed by atoms with Gasteiger partial charge in [-0.25, -0.2) is 0 Å². The van der Waals surface area contributed by atoms with Crippen LogP contribution in [0.15, 0.2) is 42.5 Å². The van der Waals surface area contributed by atoms with Gasteiger partial charge in [0.15, 0.2) is 0 Å². The lowest BCUT2D eigenvalue weighted by Crippen LogP contribution is -2.12. The lowest BCUT2D eigenvalue weighted by atomic mass is 10.1. The highest BCUT2D eigenvalue weighted by Gasteiger charge is 2.12. The summed E-state index contributed by atoms with van der Waals surface area (Å²) in [5.74, 6) is -0.185. The molecule has 0 atom stereocenters. The fourth-order valence-corrected chi connectivity index (χ4v) is 3.13. The van der Waals surface area contributed by atoms with Crippen LogP contribution in [0.4, 0.5) is 5.13 Å². The van der Waals surface area contributed by atoms with E-state index in [-0.39, 0.29) is 5.91 Å². The monoisotopic (exact) mass is 343 g/mol. The number of nitrogens with zero attached hydrogens (tertiary/aromatic N) is 2. The quantitative estimate of drug-likeness (QED) is 0.748. The average molecular weight is 344 g/mol. The van der Waals surface area contributed by atoms with Gasteiger partial charge in [0, 0.05) is 16.1 Å². The first-order chi connectivity index (χ1) is 11.0. The van der Waals surface area contributed by atoms with E-state index in [1.165, 1.54) is 11.3 Å². The number of anilines is 1. The number of hydrogen-bond acceptors (Lipinski definition) is 4. The largest absolute Gasteiger partial charge is 0.296 e. The molecule has 0 unspecified atom stereocenters.